The number of carbonyl (C=O) groups is 1. The standard InChI is InChI=1S/C13H12N2O3/c16-8-14-13(4-1-5-13)9-2-3-10-11(6-9)18-7-12(17)15-10/h2-3,6H,1,4-5,7H2,(H,15,17). The number of fused-ring (bicyclic) bond motifs is 1. The SMILES string of the molecule is O=C=NC1(c2ccc3c(c2)OCC(=O)N3)CCC1. The van der Waals surface area contributed by atoms with E-state index in [-0.39, 0.29) is 12.5 Å². The van der Waals surface area contributed by atoms with Gasteiger partial charge in [0.2, 0.25) is 6.08 Å². The Kier molecular flexibility index (Phi) is 2.42. The summed E-state index contributed by atoms with van der Waals surface area (Å²) in [6.07, 6.45) is 4.43. The Morgan fingerprint density at radius 1 is 1.39 bits per heavy atom. The Hall–Kier alpha value is -2.13. The molecule has 1 aliphatic carbocycles. The van der Waals surface area contributed by atoms with Crippen LogP contribution < -0.4 is 10.1 Å². The van der Waals surface area contributed by atoms with Crippen LogP contribution in [0.3, 0.4) is 0 Å². The summed E-state index contributed by atoms with van der Waals surface area (Å²) in [6.45, 7) is 0.0282. The molecule has 2 aliphatic rings. The lowest BCUT2D eigenvalue weighted by molar-refractivity contribution is -0.118. The third-order valence-corrected chi connectivity index (χ3v) is 3.59. The van der Waals surface area contributed by atoms with E-state index >= 15 is 0 Å². The molecule has 0 bridgehead atoms. The van der Waals surface area contributed by atoms with Gasteiger partial charge in [0.15, 0.2) is 6.61 Å². The number of hydrogen-bond donors (Lipinski definition) is 1. The highest BCUT2D eigenvalue weighted by Gasteiger charge is 2.39. The summed E-state index contributed by atoms with van der Waals surface area (Å²) in [4.78, 5) is 25.7. The van der Waals surface area contributed by atoms with Crippen molar-refractivity contribution in [1.29, 1.82) is 0 Å². The summed E-state index contributed by atoms with van der Waals surface area (Å²) in [6, 6.07) is 5.53. The molecule has 0 saturated heterocycles. The van der Waals surface area contributed by atoms with E-state index in [0.717, 1.165) is 24.8 Å². The molecule has 1 amide bonds. The fraction of sp³-hybridized carbons (Fsp3) is 0.385. The van der Waals surface area contributed by atoms with Crippen LogP contribution in [0.4, 0.5) is 5.69 Å². The van der Waals surface area contributed by atoms with Gasteiger partial charge >= 0.3 is 0 Å². The van der Waals surface area contributed by atoms with Crippen molar-refractivity contribution in [2.24, 2.45) is 4.99 Å². The summed E-state index contributed by atoms with van der Waals surface area (Å²) < 4.78 is 5.37. The normalized spacial score (nSPS) is 19.7. The first kappa shape index (κ1) is 11.0. The highest BCUT2D eigenvalue weighted by molar-refractivity contribution is 5.95. The van der Waals surface area contributed by atoms with Crippen LogP contribution in [-0.4, -0.2) is 18.6 Å². The molecule has 0 spiro atoms. The van der Waals surface area contributed by atoms with Crippen LogP contribution in [0.15, 0.2) is 23.2 Å². The molecule has 1 saturated carbocycles. The number of amides is 1. The van der Waals surface area contributed by atoms with Crippen LogP contribution in [0.25, 0.3) is 0 Å². The zero-order valence-electron chi connectivity index (χ0n) is 9.73. The molecule has 1 N–H and O–H groups in total. The van der Waals surface area contributed by atoms with Crippen LogP contribution in [0.1, 0.15) is 24.8 Å². The van der Waals surface area contributed by atoms with Crippen LogP contribution in [0, 0.1) is 0 Å². The molecule has 0 unspecified atom stereocenters. The van der Waals surface area contributed by atoms with Gasteiger partial charge in [-0.2, -0.15) is 4.99 Å². The monoisotopic (exact) mass is 244 g/mol. The Balaban J connectivity index is 1.99. The second-order valence-electron chi connectivity index (χ2n) is 4.64. The Labute approximate surface area is 104 Å². The number of hydrogen-bond acceptors (Lipinski definition) is 4. The number of nitrogens with one attached hydrogen (secondary N) is 1. The van der Waals surface area contributed by atoms with Crippen LogP contribution in [0.2, 0.25) is 0 Å². The molecule has 0 aromatic heterocycles. The molecule has 3 rings (SSSR count). The lowest BCUT2D eigenvalue weighted by Gasteiger charge is -2.37. The van der Waals surface area contributed by atoms with Crippen molar-refractivity contribution in [3.8, 4) is 5.75 Å². The largest absolute Gasteiger partial charge is 0.482 e. The molecule has 0 radical (unpaired) electrons. The molecule has 1 fully saturated rings. The van der Waals surface area contributed by atoms with Crippen molar-refractivity contribution in [1.82, 2.24) is 0 Å². The van der Waals surface area contributed by atoms with Gasteiger partial charge in [0, 0.05) is 0 Å². The first-order chi connectivity index (χ1) is 8.73. The zero-order chi connectivity index (χ0) is 12.6. The summed E-state index contributed by atoms with van der Waals surface area (Å²) in [5, 5.41) is 2.73. The van der Waals surface area contributed by atoms with E-state index in [0.29, 0.717) is 11.4 Å². The highest BCUT2D eigenvalue weighted by atomic mass is 16.5. The van der Waals surface area contributed by atoms with E-state index < -0.39 is 5.54 Å². The maximum atomic E-state index is 11.2. The maximum Gasteiger partial charge on any atom is 0.262 e. The summed E-state index contributed by atoms with van der Waals surface area (Å²) >= 11 is 0. The van der Waals surface area contributed by atoms with Crippen molar-refractivity contribution in [2.45, 2.75) is 24.8 Å². The maximum absolute atomic E-state index is 11.2. The molecular weight excluding hydrogens is 232 g/mol. The second kappa shape index (κ2) is 3.96. The average Bonchev–Trinajstić information content (AvgIpc) is 2.33. The van der Waals surface area contributed by atoms with E-state index in [1.165, 1.54) is 0 Å². The molecule has 92 valence electrons. The summed E-state index contributed by atoms with van der Waals surface area (Å²) in [5.41, 5.74) is 1.19. The fourth-order valence-corrected chi connectivity index (χ4v) is 2.43. The minimum atomic E-state index is -0.429. The second-order valence-corrected chi connectivity index (χ2v) is 4.64. The molecule has 18 heavy (non-hydrogen) atoms. The van der Waals surface area contributed by atoms with Gasteiger partial charge in [-0.3, -0.25) is 4.79 Å². The summed E-state index contributed by atoms with van der Waals surface area (Å²) in [5.74, 6) is 0.485. The Morgan fingerprint density at radius 2 is 2.22 bits per heavy atom. The van der Waals surface area contributed by atoms with E-state index in [9.17, 15) is 9.59 Å². The fourth-order valence-electron chi connectivity index (χ4n) is 2.43. The Morgan fingerprint density at radius 3 is 2.89 bits per heavy atom. The molecule has 1 aromatic carbocycles. The average molecular weight is 244 g/mol. The van der Waals surface area contributed by atoms with Crippen molar-refractivity contribution in [2.75, 3.05) is 11.9 Å². The number of aliphatic imine (C=N–C) groups is 1. The van der Waals surface area contributed by atoms with Crippen molar-refractivity contribution < 1.29 is 14.3 Å². The smallest absolute Gasteiger partial charge is 0.262 e. The highest BCUT2D eigenvalue weighted by Crippen LogP contribution is 2.46. The number of carbonyl (C=O) groups excluding carboxylic acids is 2. The number of rotatable bonds is 2. The lowest BCUT2D eigenvalue weighted by atomic mass is 9.72. The zero-order valence-corrected chi connectivity index (χ0v) is 9.73. The predicted molar refractivity (Wildman–Crippen MR) is 64.2 cm³/mol. The van der Waals surface area contributed by atoms with Crippen LogP contribution in [-0.2, 0) is 15.1 Å². The number of isocyanates is 1. The van der Waals surface area contributed by atoms with Crippen molar-refractivity contribution in [3.05, 3.63) is 23.8 Å². The van der Waals surface area contributed by atoms with Crippen LogP contribution >= 0.6 is 0 Å². The third kappa shape index (κ3) is 1.60. The minimum absolute atomic E-state index is 0.0282. The first-order valence-electron chi connectivity index (χ1n) is 5.90. The van der Waals surface area contributed by atoms with E-state index in [4.69, 9.17) is 4.74 Å². The number of anilines is 1. The minimum Gasteiger partial charge on any atom is -0.482 e. The van der Waals surface area contributed by atoms with Gasteiger partial charge < -0.3 is 10.1 Å². The lowest BCUT2D eigenvalue weighted by Crippen LogP contribution is -2.32. The molecular formula is C13H12N2O3. The molecule has 1 aromatic rings. The van der Waals surface area contributed by atoms with E-state index in [1.807, 2.05) is 12.1 Å². The quantitative estimate of drug-likeness (QED) is 0.636. The van der Waals surface area contributed by atoms with Gasteiger partial charge in [0.05, 0.1) is 11.2 Å². The van der Waals surface area contributed by atoms with Gasteiger partial charge in [0.25, 0.3) is 5.91 Å². The topological polar surface area (TPSA) is 67.8 Å². The molecule has 5 heteroatoms. The van der Waals surface area contributed by atoms with Gasteiger partial charge in [-0.05, 0) is 37.0 Å². The van der Waals surface area contributed by atoms with Gasteiger partial charge in [-0.25, -0.2) is 4.79 Å². The molecule has 0 atom stereocenters. The number of nitrogens with zero attached hydrogens (tertiary/aromatic N) is 1. The van der Waals surface area contributed by atoms with E-state index in [2.05, 4.69) is 10.3 Å². The van der Waals surface area contributed by atoms with Gasteiger partial charge in [-0.1, -0.05) is 6.07 Å². The van der Waals surface area contributed by atoms with Gasteiger partial charge in [0.1, 0.15) is 5.75 Å². The number of benzene rings is 1. The third-order valence-electron chi connectivity index (χ3n) is 3.59. The Bertz CT molecular complexity index is 557. The van der Waals surface area contributed by atoms with Crippen molar-refractivity contribution in [3.63, 3.8) is 0 Å². The summed E-state index contributed by atoms with van der Waals surface area (Å²) in [7, 11) is 0. The van der Waals surface area contributed by atoms with Gasteiger partial charge in [-0.15, -0.1) is 0 Å². The van der Waals surface area contributed by atoms with E-state index in [1.54, 1.807) is 12.1 Å². The first-order valence-corrected chi connectivity index (χ1v) is 5.90. The molecule has 1 aliphatic heterocycles. The number of ether oxygens (including phenoxy) is 1. The van der Waals surface area contributed by atoms with Crippen molar-refractivity contribution >= 4 is 17.7 Å². The van der Waals surface area contributed by atoms with Crippen LogP contribution in [0.5, 0.6) is 5.75 Å². The predicted octanol–water partition coefficient (Wildman–Crippen LogP) is 1.73. The molecule has 1 heterocycles. The molecule has 5 nitrogen and oxygen atoms in total.